The molecule has 3 N–H and O–H groups in total. The van der Waals surface area contributed by atoms with Gasteiger partial charge in [0.1, 0.15) is 11.5 Å². The maximum absolute atomic E-state index is 11.7. The van der Waals surface area contributed by atoms with Crippen LogP contribution >= 0.6 is 0 Å². The van der Waals surface area contributed by atoms with Gasteiger partial charge in [-0.15, -0.1) is 0 Å². The first kappa shape index (κ1) is 15.7. The van der Waals surface area contributed by atoms with Gasteiger partial charge in [-0.05, 0) is 6.07 Å². The van der Waals surface area contributed by atoms with E-state index in [1.165, 1.54) is 12.3 Å². The van der Waals surface area contributed by atoms with Crippen LogP contribution in [0.25, 0.3) is 0 Å². The fraction of sp³-hybridized carbons (Fsp3) is 0.444. The Bertz CT molecular complexity index is 519. The number of aromatic nitrogens is 1. The molecule has 19 heavy (non-hydrogen) atoms. The highest BCUT2D eigenvalue weighted by Gasteiger charge is 2.27. The summed E-state index contributed by atoms with van der Waals surface area (Å²) < 4.78 is 65.0. The van der Waals surface area contributed by atoms with Crippen LogP contribution in [0, 0.1) is 0 Å². The number of nitrogen functional groups attached to an aromatic ring is 1. The minimum atomic E-state index is -4.44. The molecule has 0 saturated heterocycles. The lowest BCUT2D eigenvalue weighted by Gasteiger charge is -2.10. The molecule has 0 aliphatic heterocycles. The van der Waals surface area contributed by atoms with Crippen molar-refractivity contribution >= 4 is 15.7 Å². The Hall–Kier alpha value is -1.39. The molecule has 0 aliphatic rings. The Kier molecular flexibility index (Phi) is 5.09. The van der Waals surface area contributed by atoms with E-state index in [0.717, 1.165) is 6.20 Å². The quantitative estimate of drug-likeness (QED) is 0.747. The molecule has 1 heterocycles. The van der Waals surface area contributed by atoms with Crippen LogP contribution in [-0.4, -0.2) is 39.3 Å². The van der Waals surface area contributed by atoms with Crippen molar-refractivity contribution in [1.29, 1.82) is 0 Å². The summed E-state index contributed by atoms with van der Waals surface area (Å²) in [7, 11) is -3.91. The first-order valence-corrected chi connectivity index (χ1v) is 6.54. The minimum Gasteiger partial charge on any atom is -0.398 e. The Balaban J connectivity index is 2.47. The number of rotatable bonds is 6. The van der Waals surface area contributed by atoms with Crippen LogP contribution in [0.2, 0.25) is 0 Å². The molecule has 0 amide bonds. The SMILES string of the molecule is Nc1ccncc1S(=O)(=O)NCCOCC(F)(F)F. The van der Waals surface area contributed by atoms with Gasteiger partial charge in [0.05, 0.1) is 12.3 Å². The van der Waals surface area contributed by atoms with Crippen molar-refractivity contribution in [2.24, 2.45) is 0 Å². The average Bonchev–Trinajstić information content (AvgIpc) is 2.27. The summed E-state index contributed by atoms with van der Waals surface area (Å²) >= 11 is 0. The number of nitrogens with one attached hydrogen (secondary N) is 1. The van der Waals surface area contributed by atoms with E-state index in [-0.39, 0.29) is 17.1 Å². The van der Waals surface area contributed by atoms with Gasteiger partial charge >= 0.3 is 6.18 Å². The lowest BCUT2D eigenvalue weighted by atomic mass is 10.4. The summed E-state index contributed by atoms with van der Waals surface area (Å²) in [4.78, 5) is 3.38. The van der Waals surface area contributed by atoms with Crippen molar-refractivity contribution in [3.8, 4) is 0 Å². The molecule has 6 nitrogen and oxygen atoms in total. The van der Waals surface area contributed by atoms with E-state index >= 15 is 0 Å². The molecular formula is C9H12F3N3O3S. The highest BCUT2D eigenvalue weighted by Crippen LogP contribution is 2.15. The predicted octanol–water partition coefficient (Wildman–Crippen LogP) is 0.521. The van der Waals surface area contributed by atoms with Crippen LogP contribution in [-0.2, 0) is 14.8 Å². The molecule has 0 atom stereocenters. The second-order valence-corrected chi connectivity index (χ2v) is 5.21. The van der Waals surface area contributed by atoms with Crippen molar-refractivity contribution in [3.05, 3.63) is 18.5 Å². The number of nitrogens with two attached hydrogens (primary N) is 1. The Morgan fingerprint density at radius 1 is 1.42 bits per heavy atom. The number of hydrogen-bond donors (Lipinski definition) is 2. The number of anilines is 1. The zero-order valence-corrected chi connectivity index (χ0v) is 10.5. The highest BCUT2D eigenvalue weighted by atomic mass is 32.2. The summed E-state index contributed by atoms with van der Waals surface area (Å²) in [5, 5.41) is 0. The molecule has 0 aliphatic carbocycles. The number of alkyl halides is 3. The molecule has 0 saturated carbocycles. The molecular weight excluding hydrogens is 287 g/mol. The summed E-state index contributed by atoms with van der Waals surface area (Å²) in [5.41, 5.74) is 5.45. The topological polar surface area (TPSA) is 94.3 Å². The van der Waals surface area contributed by atoms with Gasteiger partial charge < -0.3 is 10.5 Å². The van der Waals surface area contributed by atoms with Crippen molar-refractivity contribution in [3.63, 3.8) is 0 Å². The molecule has 1 aromatic heterocycles. The van der Waals surface area contributed by atoms with E-state index < -0.39 is 29.4 Å². The van der Waals surface area contributed by atoms with E-state index in [1.807, 2.05) is 0 Å². The van der Waals surface area contributed by atoms with Gasteiger partial charge in [0.2, 0.25) is 10.0 Å². The molecule has 0 radical (unpaired) electrons. The van der Waals surface area contributed by atoms with Crippen LogP contribution in [0.15, 0.2) is 23.4 Å². The molecule has 0 fully saturated rings. The van der Waals surface area contributed by atoms with Crippen molar-refractivity contribution in [1.82, 2.24) is 9.71 Å². The maximum atomic E-state index is 11.7. The zero-order valence-electron chi connectivity index (χ0n) is 9.64. The van der Waals surface area contributed by atoms with Crippen molar-refractivity contribution in [2.45, 2.75) is 11.1 Å². The van der Waals surface area contributed by atoms with Gasteiger partial charge in [-0.3, -0.25) is 4.98 Å². The third-order valence-electron chi connectivity index (χ3n) is 1.91. The second kappa shape index (κ2) is 6.17. The van der Waals surface area contributed by atoms with Crippen molar-refractivity contribution < 1.29 is 26.3 Å². The molecule has 108 valence electrons. The summed E-state index contributed by atoms with van der Waals surface area (Å²) in [5.74, 6) is 0. The lowest BCUT2D eigenvalue weighted by Crippen LogP contribution is -2.29. The second-order valence-electron chi connectivity index (χ2n) is 3.48. The van der Waals surface area contributed by atoms with Crippen LogP contribution in [0.4, 0.5) is 18.9 Å². The van der Waals surface area contributed by atoms with Crippen LogP contribution in [0.3, 0.4) is 0 Å². The summed E-state index contributed by atoms with van der Waals surface area (Å²) in [6.07, 6.45) is -2.07. The lowest BCUT2D eigenvalue weighted by molar-refractivity contribution is -0.173. The fourth-order valence-electron chi connectivity index (χ4n) is 1.13. The fourth-order valence-corrected chi connectivity index (χ4v) is 2.21. The zero-order chi connectivity index (χ0) is 14.5. The third-order valence-corrected chi connectivity index (χ3v) is 3.41. The van der Waals surface area contributed by atoms with E-state index in [4.69, 9.17) is 5.73 Å². The average molecular weight is 299 g/mol. The van der Waals surface area contributed by atoms with E-state index in [0.29, 0.717) is 0 Å². The van der Waals surface area contributed by atoms with Gasteiger partial charge in [0.25, 0.3) is 0 Å². The van der Waals surface area contributed by atoms with Gasteiger partial charge in [-0.1, -0.05) is 0 Å². The normalized spacial score (nSPS) is 12.6. The largest absolute Gasteiger partial charge is 0.411 e. The predicted molar refractivity (Wildman–Crippen MR) is 60.7 cm³/mol. The van der Waals surface area contributed by atoms with Crippen molar-refractivity contribution in [2.75, 3.05) is 25.5 Å². The number of sulfonamides is 1. The molecule has 0 unspecified atom stereocenters. The van der Waals surface area contributed by atoms with Gasteiger partial charge in [-0.25, -0.2) is 13.1 Å². The van der Waals surface area contributed by atoms with E-state index in [2.05, 4.69) is 14.4 Å². The monoisotopic (exact) mass is 299 g/mol. The number of hydrogen-bond acceptors (Lipinski definition) is 5. The number of pyridine rings is 1. The number of ether oxygens (including phenoxy) is 1. The van der Waals surface area contributed by atoms with Gasteiger partial charge in [0.15, 0.2) is 0 Å². The number of halogens is 3. The minimum absolute atomic E-state index is 0.00119. The Morgan fingerprint density at radius 3 is 2.68 bits per heavy atom. The van der Waals surface area contributed by atoms with Crippen LogP contribution < -0.4 is 10.5 Å². The van der Waals surface area contributed by atoms with E-state index in [1.54, 1.807) is 0 Å². The standard InChI is InChI=1S/C9H12F3N3O3S/c10-9(11,12)6-18-4-3-15-19(16,17)8-5-14-2-1-7(8)13/h1-2,5,15H,3-4,6H2,(H2,13,14). The maximum Gasteiger partial charge on any atom is 0.411 e. The first-order valence-electron chi connectivity index (χ1n) is 5.06. The molecule has 1 aromatic rings. The van der Waals surface area contributed by atoms with Crippen LogP contribution in [0.5, 0.6) is 0 Å². The van der Waals surface area contributed by atoms with E-state index in [9.17, 15) is 21.6 Å². The Morgan fingerprint density at radius 2 is 2.11 bits per heavy atom. The highest BCUT2D eigenvalue weighted by molar-refractivity contribution is 7.89. The summed E-state index contributed by atoms with van der Waals surface area (Å²) in [6.45, 7) is -2.13. The Labute approximate surface area is 107 Å². The molecule has 0 aromatic carbocycles. The summed E-state index contributed by atoms with van der Waals surface area (Å²) in [6, 6.07) is 1.30. The first-order chi connectivity index (χ1) is 8.72. The molecule has 10 heteroatoms. The van der Waals surface area contributed by atoms with Gasteiger partial charge in [-0.2, -0.15) is 13.2 Å². The molecule has 0 spiro atoms. The molecule has 1 rings (SSSR count). The van der Waals surface area contributed by atoms with Gasteiger partial charge in [0, 0.05) is 18.9 Å². The molecule has 0 bridgehead atoms. The third kappa shape index (κ3) is 5.41. The smallest absolute Gasteiger partial charge is 0.398 e. The number of nitrogens with zero attached hydrogens (tertiary/aromatic N) is 1. The van der Waals surface area contributed by atoms with Crippen LogP contribution in [0.1, 0.15) is 0 Å².